The molecule has 118 valence electrons. The molecule has 0 atom stereocenters. The van der Waals surface area contributed by atoms with Crippen LogP contribution >= 0.6 is 11.8 Å². The molecule has 0 spiro atoms. The Labute approximate surface area is 129 Å². The van der Waals surface area contributed by atoms with Crippen LogP contribution in [0.2, 0.25) is 0 Å². The maximum Gasteiger partial charge on any atom is 0.336 e. The summed E-state index contributed by atoms with van der Waals surface area (Å²) in [6.07, 6.45) is 0. The van der Waals surface area contributed by atoms with Crippen LogP contribution in [0.5, 0.6) is 0 Å². The number of rotatable bonds is 7. The topological polar surface area (TPSA) is 77.9 Å². The number of hydrogen-bond donors (Lipinski definition) is 1. The Morgan fingerprint density at radius 2 is 1.86 bits per heavy atom. The Kier molecular flexibility index (Phi) is 6.21. The molecule has 0 amide bonds. The Bertz CT molecular complexity index is 613. The van der Waals surface area contributed by atoms with Crippen molar-refractivity contribution in [3.8, 4) is 0 Å². The van der Waals surface area contributed by atoms with Crippen molar-refractivity contribution in [3.63, 3.8) is 0 Å². The molecule has 0 bridgehead atoms. The maximum absolute atomic E-state index is 12.0. The first-order chi connectivity index (χ1) is 9.66. The quantitative estimate of drug-likeness (QED) is 0.758. The molecule has 1 aromatic carbocycles. The first kappa shape index (κ1) is 18.0. The molecule has 0 aliphatic carbocycles. The molecule has 1 N–H and O–H groups in total. The fourth-order valence-corrected chi connectivity index (χ4v) is 3.58. The van der Waals surface area contributed by atoms with Gasteiger partial charge in [-0.05, 0) is 32.3 Å². The van der Waals surface area contributed by atoms with Crippen LogP contribution in [0.15, 0.2) is 28.0 Å². The van der Waals surface area contributed by atoms with Crippen molar-refractivity contribution < 1.29 is 18.3 Å². The first-order valence-corrected chi connectivity index (χ1v) is 8.66. The van der Waals surface area contributed by atoms with E-state index in [1.54, 1.807) is 6.07 Å². The zero-order chi connectivity index (χ0) is 16.2. The minimum Gasteiger partial charge on any atom is -0.478 e. The van der Waals surface area contributed by atoms with Crippen LogP contribution in [0, 0.1) is 0 Å². The van der Waals surface area contributed by atoms with Gasteiger partial charge in [0.05, 0.1) is 10.5 Å². The SMILES string of the molecule is CN(C)CCSc1ccc(S(=O)(=O)N(C)C)cc1C(=O)O. The van der Waals surface area contributed by atoms with Gasteiger partial charge in [0.2, 0.25) is 10.0 Å². The van der Waals surface area contributed by atoms with Crippen molar-refractivity contribution >= 4 is 27.8 Å². The van der Waals surface area contributed by atoms with Crippen LogP contribution in [0.1, 0.15) is 10.4 Å². The van der Waals surface area contributed by atoms with Gasteiger partial charge >= 0.3 is 5.97 Å². The summed E-state index contributed by atoms with van der Waals surface area (Å²) in [6.45, 7) is 0.807. The van der Waals surface area contributed by atoms with Crippen LogP contribution < -0.4 is 0 Å². The lowest BCUT2D eigenvalue weighted by molar-refractivity contribution is 0.0693. The number of sulfonamides is 1. The van der Waals surface area contributed by atoms with Crippen LogP contribution in [0.25, 0.3) is 0 Å². The predicted molar refractivity (Wildman–Crippen MR) is 83.6 cm³/mol. The highest BCUT2D eigenvalue weighted by atomic mass is 32.2. The number of benzene rings is 1. The standard InChI is InChI=1S/C13H20N2O4S2/c1-14(2)7-8-20-12-6-5-10(9-11(12)13(16)17)21(18,19)15(3)4/h5-6,9H,7-8H2,1-4H3,(H,16,17). The van der Waals surface area contributed by atoms with E-state index in [-0.39, 0.29) is 10.5 Å². The number of aromatic carboxylic acids is 1. The molecular formula is C13H20N2O4S2. The summed E-state index contributed by atoms with van der Waals surface area (Å²) in [7, 11) is 3.07. The van der Waals surface area contributed by atoms with Gasteiger partial charge < -0.3 is 10.0 Å². The Balaban J connectivity index is 3.11. The lowest BCUT2D eigenvalue weighted by Gasteiger charge is -2.14. The first-order valence-electron chi connectivity index (χ1n) is 6.23. The van der Waals surface area contributed by atoms with Crippen LogP contribution in [-0.2, 0) is 10.0 Å². The molecule has 0 radical (unpaired) electrons. The van der Waals surface area contributed by atoms with Gasteiger partial charge in [0, 0.05) is 31.3 Å². The summed E-state index contributed by atoms with van der Waals surface area (Å²) in [5.74, 6) is -0.397. The number of thioether (sulfide) groups is 1. The molecule has 0 aliphatic rings. The van der Waals surface area contributed by atoms with E-state index in [9.17, 15) is 18.3 Å². The summed E-state index contributed by atoms with van der Waals surface area (Å²) in [5.41, 5.74) is 0.0154. The minimum atomic E-state index is -3.63. The van der Waals surface area contributed by atoms with E-state index in [2.05, 4.69) is 0 Å². The van der Waals surface area contributed by atoms with Gasteiger partial charge in [-0.25, -0.2) is 17.5 Å². The monoisotopic (exact) mass is 332 g/mol. The number of carboxylic acids is 1. The summed E-state index contributed by atoms with van der Waals surface area (Å²) < 4.78 is 25.1. The third-order valence-corrected chi connectivity index (χ3v) is 5.62. The van der Waals surface area contributed by atoms with E-state index in [0.29, 0.717) is 4.90 Å². The third kappa shape index (κ3) is 4.70. The molecule has 8 heteroatoms. The van der Waals surface area contributed by atoms with E-state index < -0.39 is 16.0 Å². The van der Waals surface area contributed by atoms with Gasteiger partial charge in [-0.3, -0.25) is 0 Å². The number of nitrogens with zero attached hydrogens (tertiary/aromatic N) is 2. The van der Waals surface area contributed by atoms with Crippen molar-refractivity contribution in [2.45, 2.75) is 9.79 Å². The van der Waals surface area contributed by atoms with Crippen LogP contribution in [0.3, 0.4) is 0 Å². The maximum atomic E-state index is 12.0. The van der Waals surface area contributed by atoms with Gasteiger partial charge in [-0.2, -0.15) is 0 Å². The number of carboxylic acid groups (broad SMARTS) is 1. The van der Waals surface area contributed by atoms with Gasteiger partial charge in [0.1, 0.15) is 0 Å². The summed E-state index contributed by atoms with van der Waals surface area (Å²) in [6, 6.07) is 4.22. The Morgan fingerprint density at radius 3 is 2.33 bits per heavy atom. The molecular weight excluding hydrogens is 312 g/mol. The van der Waals surface area contributed by atoms with Crippen LogP contribution in [0.4, 0.5) is 0 Å². The predicted octanol–water partition coefficient (Wildman–Crippen LogP) is 1.29. The molecule has 21 heavy (non-hydrogen) atoms. The molecule has 6 nitrogen and oxygen atoms in total. The second-order valence-electron chi connectivity index (χ2n) is 4.90. The molecule has 0 aliphatic heterocycles. The molecule has 0 unspecified atom stereocenters. The van der Waals surface area contributed by atoms with Gasteiger partial charge in [0.25, 0.3) is 0 Å². The number of hydrogen-bond acceptors (Lipinski definition) is 5. The normalized spacial score (nSPS) is 12.1. The largest absolute Gasteiger partial charge is 0.478 e. The summed E-state index contributed by atoms with van der Waals surface area (Å²) >= 11 is 1.40. The molecule has 0 aromatic heterocycles. The zero-order valence-corrected chi connectivity index (χ0v) is 14.2. The molecule has 1 rings (SSSR count). The average molecular weight is 332 g/mol. The van der Waals surface area contributed by atoms with Crippen molar-refractivity contribution in [3.05, 3.63) is 23.8 Å². The summed E-state index contributed by atoms with van der Waals surface area (Å²) in [5, 5.41) is 9.27. The van der Waals surface area contributed by atoms with Gasteiger partial charge in [-0.1, -0.05) is 0 Å². The highest BCUT2D eigenvalue weighted by Gasteiger charge is 2.21. The fourth-order valence-electron chi connectivity index (χ4n) is 1.51. The second kappa shape index (κ2) is 7.26. The van der Waals surface area contributed by atoms with E-state index >= 15 is 0 Å². The van der Waals surface area contributed by atoms with E-state index in [1.165, 1.54) is 38.0 Å². The molecule has 1 aromatic rings. The van der Waals surface area contributed by atoms with Gasteiger partial charge in [0.15, 0.2) is 0 Å². The lowest BCUT2D eigenvalue weighted by atomic mass is 10.2. The smallest absolute Gasteiger partial charge is 0.336 e. The fraction of sp³-hybridized carbons (Fsp3) is 0.462. The average Bonchev–Trinajstić information content (AvgIpc) is 2.37. The van der Waals surface area contributed by atoms with E-state index in [0.717, 1.165) is 16.6 Å². The van der Waals surface area contributed by atoms with Crippen molar-refractivity contribution in [1.29, 1.82) is 0 Å². The lowest BCUT2D eigenvalue weighted by Crippen LogP contribution is -2.22. The molecule has 0 saturated carbocycles. The van der Waals surface area contributed by atoms with Crippen LogP contribution in [-0.4, -0.2) is 69.2 Å². The molecule has 0 fully saturated rings. The van der Waals surface area contributed by atoms with Crippen molar-refractivity contribution in [2.75, 3.05) is 40.5 Å². The second-order valence-corrected chi connectivity index (χ2v) is 8.19. The highest BCUT2D eigenvalue weighted by molar-refractivity contribution is 7.99. The minimum absolute atomic E-state index is 0.0122. The molecule has 0 heterocycles. The van der Waals surface area contributed by atoms with Crippen molar-refractivity contribution in [2.24, 2.45) is 0 Å². The Hall–Kier alpha value is -1.09. The van der Waals surface area contributed by atoms with E-state index in [1.807, 2.05) is 19.0 Å². The van der Waals surface area contributed by atoms with Gasteiger partial charge in [-0.15, -0.1) is 11.8 Å². The molecule has 0 saturated heterocycles. The third-order valence-electron chi connectivity index (χ3n) is 2.76. The Morgan fingerprint density at radius 1 is 1.24 bits per heavy atom. The number of carbonyl (C=O) groups is 1. The highest BCUT2D eigenvalue weighted by Crippen LogP contribution is 2.26. The van der Waals surface area contributed by atoms with E-state index in [4.69, 9.17) is 0 Å². The summed E-state index contributed by atoms with van der Waals surface area (Å²) in [4.78, 5) is 13.9. The zero-order valence-electron chi connectivity index (χ0n) is 12.5. The van der Waals surface area contributed by atoms with Crippen molar-refractivity contribution in [1.82, 2.24) is 9.21 Å².